The maximum atomic E-state index is 11.0. The summed E-state index contributed by atoms with van der Waals surface area (Å²) in [6, 6.07) is 14.0. The van der Waals surface area contributed by atoms with Gasteiger partial charge in [0.2, 0.25) is 6.29 Å². The second kappa shape index (κ2) is 8.68. The molecule has 2 aromatic carbocycles. The number of para-hydroxylation sites is 1. The van der Waals surface area contributed by atoms with Crippen molar-refractivity contribution < 1.29 is 34.7 Å². The standard InChI is InChI=1S/C20H23NO7/c21-10-15-17(24)18(25)19(26)20(28-15)27-14-7-2-1-6-13(14)12-5-3-4-11(8-12)9-16(22)23/h1-8,15,17-20,24-26H,9-10,21H2,(H,22,23)/t15-,17-,18+,19+,20+/m1/s1. The fourth-order valence-electron chi connectivity index (χ4n) is 3.17. The summed E-state index contributed by atoms with van der Waals surface area (Å²) in [4.78, 5) is 11.0. The number of ether oxygens (including phenoxy) is 2. The van der Waals surface area contributed by atoms with Gasteiger partial charge in [-0.25, -0.2) is 0 Å². The molecule has 0 unspecified atom stereocenters. The van der Waals surface area contributed by atoms with Gasteiger partial charge in [-0.15, -0.1) is 0 Å². The topological polar surface area (TPSA) is 142 Å². The van der Waals surface area contributed by atoms with Gasteiger partial charge >= 0.3 is 5.97 Å². The highest BCUT2D eigenvalue weighted by Gasteiger charge is 2.44. The van der Waals surface area contributed by atoms with Crippen molar-refractivity contribution in [1.29, 1.82) is 0 Å². The molecule has 3 rings (SSSR count). The zero-order valence-electron chi connectivity index (χ0n) is 15.0. The van der Waals surface area contributed by atoms with E-state index < -0.39 is 36.7 Å². The van der Waals surface area contributed by atoms with Gasteiger partial charge in [0, 0.05) is 12.1 Å². The van der Waals surface area contributed by atoms with Crippen molar-refractivity contribution in [3.05, 3.63) is 54.1 Å². The fraction of sp³-hybridized carbons (Fsp3) is 0.350. The Kier molecular flexibility index (Phi) is 6.28. The predicted octanol–water partition coefficient (Wildman–Crippen LogP) is 0.126. The molecule has 5 atom stereocenters. The second-order valence-corrected chi connectivity index (χ2v) is 6.64. The Morgan fingerprint density at radius 3 is 2.50 bits per heavy atom. The number of benzene rings is 2. The van der Waals surface area contributed by atoms with E-state index in [1.54, 1.807) is 42.5 Å². The molecule has 2 aromatic rings. The van der Waals surface area contributed by atoms with Crippen molar-refractivity contribution >= 4 is 5.97 Å². The molecule has 1 heterocycles. The number of rotatable bonds is 6. The normalized spacial score (nSPS) is 27.4. The predicted molar refractivity (Wildman–Crippen MR) is 99.6 cm³/mol. The van der Waals surface area contributed by atoms with Crippen LogP contribution >= 0.6 is 0 Å². The molecular weight excluding hydrogens is 366 g/mol. The SMILES string of the molecule is NC[C@H]1O[C@H](Oc2ccccc2-c2cccc(CC(=O)O)c2)[C@@H](O)[C@@H](O)[C@@H]1O. The van der Waals surface area contributed by atoms with Crippen LogP contribution in [0.3, 0.4) is 0 Å². The molecular formula is C20H23NO7. The number of aliphatic hydroxyl groups is 3. The first-order chi connectivity index (χ1) is 13.4. The van der Waals surface area contributed by atoms with E-state index in [0.29, 0.717) is 16.9 Å². The molecule has 8 nitrogen and oxygen atoms in total. The zero-order valence-corrected chi connectivity index (χ0v) is 15.0. The Bertz CT molecular complexity index is 826. The van der Waals surface area contributed by atoms with E-state index in [0.717, 1.165) is 5.56 Å². The Morgan fingerprint density at radius 1 is 1.04 bits per heavy atom. The van der Waals surface area contributed by atoms with E-state index in [1.165, 1.54) is 0 Å². The molecule has 8 heteroatoms. The van der Waals surface area contributed by atoms with Gasteiger partial charge in [-0.2, -0.15) is 0 Å². The molecule has 0 aromatic heterocycles. The molecule has 1 aliphatic rings. The molecule has 0 saturated carbocycles. The first-order valence-electron chi connectivity index (χ1n) is 8.87. The van der Waals surface area contributed by atoms with Crippen molar-refractivity contribution in [2.45, 2.75) is 37.1 Å². The molecule has 1 saturated heterocycles. The lowest BCUT2D eigenvalue weighted by Gasteiger charge is -2.40. The van der Waals surface area contributed by atoms with Crippen LogP contribution in [-0.2, 0) is 16.0 Å². The first kappa shape index (κ1) is 20.2. The number of carbonyl (C=O) groups is 1. The van der Waals surface area contributed by atoms with Gasteiger partial charge in [0.05, 0.1) is 6.42 Å². The largest absolute Gasteiger partial charge is 0.481 e. The maximum Gasteiger partial charge on any atom is 0.307 e. The van der Waals surface area contributed by atoms with Crippen LogP contribution in [0, 0.1) is 0 Å². The van der Waals surface area contributed by atoms with Crippen molar-refractivity contribution in [2.24, 2.45) is 5.73 Å². The van der Waals surface area contributed by atoms with Crippen molar-refractivity contribution in [3.63, 3.8) is 0 Å². The highest BCUT2D eigenvalue weighted by atomic mass is 16.7. The van der Waals surface area contributed by atoms with Crippen LogP contribution in [-0.4, -0.2) is 63.6 Å². The number of hydrogen-bond acceptors (Lipinski definition) is 7. The van der Waals surface area contributed by atoms with Crippen LogP contribution < -0.4 is 10.5 Å². The monoisotopic (exact) mass is 389 g/mol. The maximum absolute atomic E-state index is 11.0. The fourth-order valence-corrected chi connectivity index (χ4v) is 3.17. The number of carboxylic acids is 1. The van der Waals surface area contributed by atoms with E-state index in [1.807, 2.05) is 6.07 Å². The molecule has 1 fully saturated rings. The lowest BCUT2D eigenvalue weighted by molar-refractivity contribution is -0.269. The van der Waals surface area contributed by atoms with E-state index in [4.69, 9.17) is 20.3 Å². The lowest BCUT2D eigenvalue weighted by atomic mass is 9.98. The molecule has 1 aliphatic heterocycles. The summed E-state index contributed by atoms with van der Waals surface area (Å²) in [6.07, 6.45) is -6.46. The molecule has 0 spiro atoms. The molecule has 0 amide bonds. The number of nitrogens with two attached hydrogens (primary N) is 1. The number of carboxylic acid groups (broad SMARTS) is 1. The first-order valence-corrected chi connectivity index (χ1v) is 8.87. The van der Waals surface area contributed by atoms with Crippen LogP contribution in [0.15, 0.2) is 48.5 Å². The summed E-state index contributed by atoms with van der Waals surface area (Å²) in [6.45, 7) is -0.0519. The van der Waals surface area contributed by atoms with Gasteiger partial charge < -0.3 is 35.6 Å². The summed E-state index contributed by atoms with van der Waals surface area (Å²) in [5.74, 6) is -0.556. The Balaban J connectivity index is 1.88. The molecule has 6 N–H and O–H groups in total. The smallest absolute Gasteiger partial charge is 0.307 e. The minimum atomic E-state index is -1.47. The second-order valence-electron chi connectivity index (χ2n) is 6.64. The van der Waals surface area contributed by atoms with E-state index >= 15 is 0 Å². The summed E-state index contributed by atoms with van der Waals surface area (Å²) < 4.78 is 11.3. The highest BCUT2D eigenvalue weighted by molar-refractivity contribution is 5.74. The van der Waals surface area contributed by atoms with Gasteiger partial charge in [0.25, 0.3) is 0 Å². The third-order valence-corrected chi connectivity index (χ3v) is 4.62. The van der Waals surface area contributed by atoms with Crippen molar-refractivity contribution in [1.82, 2.24) is 0 Å². The Morgan fingerprint density at radius 2 is 1.79 bits per heavy atom. The zero-order chi connectivity index (χ0) is 20.3. The van der Waals surface area contributed by atoms with Gasteiger partial charge in [0.1, 0.15) is 30.2 Å². The minimum Gasteiger partial charge on any atom is -0.481 e. The number of aliphatic carboxylic acids is 1. The quantitative estimate of drug-likeness (QED) is 0.469. The Labute approximate surface area is 161 Å². The summed E-state index contributed by atoms with van der Waals surface area (Å²) in [7, 11) is 0. The van der Waals surface area contributed by atoms with Gasteiger partial charge in [0.15, 0.2) is 0 Å². The van der Waals surface area contributed by atoms with E-state index in [9.17, 15) is 20.1 Å². The molecule has 0 bridgehead atoms. The average Bonchev–Trinajstić information content (AvgIpc) is 2.68. The molecule has 0 aliphatic carbocycles. The van der Waals surface area contributed by atoms with E-state index in [-0.39, 0.29) is 13.0 Å². The number of aliphatic hydroxyl groups excluding tert-OH is 3. The molecule has 28 heavy (non-hydrogen) atoms. The highest BCUT2D eigenvalue weighted by Crippen LogP contribution is 2.33. The van der Waals surface area contributed by atoms with Crippen LogP contribution in [0.25, 0.3) is 11.1 Å². The van der Waals surface area contributed by atoms with Crippen LogP contribution in [0.2, 0.25) is 0 Å². The van der Waals surface area contributed by atoms with Gasteiger partial charge in [-0.1, -0.05) is 42.5 Å². The summed E-state index contributed by atoms with van der Waals surface area (Å²) in [5, 5.41) is 39.2. The number of hydrogen-bond donors (Lipinski definition) is 5. The van der Waals surface area contributed by atoms with Gasteiger partial charge in [-0.3, -0.25) is 4.79 Å². The Hall–Kier alpha value is -2.49. The lowest BCUT2D eigenvalue weighted by Crippen LogP contribution is -2.60. The van der Waals surface area contributed by atoms with Crippen LogP contribution in [0.1, 0.15) is 5.56 Å². The van der Waals surface area contributed by atoms with Gasteiger partial charge in [-0.05, 0) is 17.2 Å². The summed E-state index contributed by atoms with van der Waals surface area (Å²) >= 11 is 0. The van der Waals surface area contributed by atoms with Crippen molar-refractivity contribution in [2.75, 3.05) is 6.54 Å². The molecule has 150 valence electrons. The van der Waals surface area contributed by atoms with Crippen LogP contribution in [0.4, 0.5) is 0 Å². The summed E-state index contributed by atoms with van der Waals surface area (Å²) in [5.41, 5.74) is 7.58. The third-order valence-electron chi connectivity index (χ3n) is 4.62. The molecule has 0 radical (unpaired) electrons. The van der Waals surface area contributed by atoms with Crippen LogP contribution in [0.5, 0.6) is 5.75 Å². The minimum absolute atomic E-state index is 0.0519. The average molecular weight is 389 g/mol. The third kappa shape index (κ3) is 4.32. The van der Waals surface area contributed by atoms with E-state index in [2.05, 4.69) is 0 Å². The van der Waals surface area contributed by atoms with Crippen molar-refractivity contribution in [3.8, 4) is 16.9 Å².